The van der Waals surface area contributed by atoms with Gasteiger partial charge in [0.2, 0.25) is 0 Å². The third-order valence-corrected chi connectivity index (χ3v) is 4.11. The fraction of sp³-hybridized carbons (Fsp3) is 0.0526. The number of nitrogens with zero attached hydrogens (tertiary/aromatic N) is 2. The van der Waals surface area contributed by atoms with Crippen LogP contribution in [0.15, 0.2) is 54.9 Å². The van der Waals surface area contributed by atoms with Crippen LogP contribution >= 0.6 is 11.6 Å². The fourth-order valence-corrected chi connectivity index (χ4v) is 2.50. The van der Waals surface area contributed by atoms with Crippen LogP contribution in [0.1, 0.15) is 26.3 Å². The van der Waals surface area contributed by atoms with E-state index < -0.39 is 5.91 Å². The predicted octanol–water partition coefficient (Wildman–Crippen LogP) is 2.53. The first-order chi connectivity index (χ1) is 13.9. The molecule has 0 bridgehead atoms. The summed E-state index contributed by atoms with van der Waals surface area (Å²) in [5, 5.41) is 0.440. The van der Waals surface area contributed by atoms with Gasteiger partial charge in [-0.1, -0.05) is 35.4 Å². The van der Waals surface area contributed by atoms with E-state index in [1.807, 2.05) is 19.1 Å². The number of hydrogen-bond donors (Lipinski definition) is 5. The summed E-state index contributed by atoms with van der Waals surface area (Å²) in [5.74, 6) is -0.457. The lowest BCUT2D eigenvalue weighted by Crippen LogP contribution is -2.32. The van der Waals surface area contributed by atoms with Gasteiger partial charge < -0.3 is 5.73 Å². The monoisotopic (exact) mass is 411 g/mol. The lowest BCUT2D eigenvalue weighted by atomic mass is 10.1. The number of hydrogen-bond acceptors (Lipinski definition) is 7. The van der Waals surface area contributed by atoms with Gasteiger partial charge in [-0.15, -0.1) is 0 Å². The molecule has 0 radical (unpaired) electrons. The summed E-state index contributed by atoms with van der Waals surface area (Å²) in [7, 11) is 0. The molecule has 29 heavy (non-hydrogen) atoms. The molecule has 0 saturated heterocycles. The van der Waals surface area contributed by atoms with Crippen molar-refractivity contribution in [1.82, 2.24) is 20.8 Å². The number of nitrogens with two attached hydrogens (primary N) is 1. The fourth-order valence-electron chi connectivity index (χ4n) is 2.31. The van der Waals surface area contributed by atoms with Gasteiger partial charge in [0.15, 0.2) is 11.6 Å². The third-order valence-electron chi connectivity index (χ3n) is 3.87. The largest absolute Gasteiger partial charge is 0.393 e. The zero-order valence-corrected chi connectivity index (χ0v) is 16.1. The molecule has 0 atom stereocenters. The number of hydrazine groups is 2. The Bertz CT molecular complexity index is 1040. The van der Waals surface area contributed by atoms with Crippen molar-refractivity contribution in [1.29, 1.82) is 0 Å². The molecule has 0 aliphatic rings. The normalized spacial score (nSPS) is 10.1. The minimum absolute atomic E-state index is 0.100. The van der Waals surface area contributed by atoms with Gasteiger partial charge in [0, 0.05) is 16.1 Å². The summed E-state index contributed by atoms with van der Waals surface area (Å²) < 4.78 is 0. The Morgan fingerprint density at radius 1 is 0.897 bits per heavy atom. The molecule has 1 aromatic heterocycles. The molecule has 148 valence electrons. The van der Waals surface area contributed by atoms with E-state index in [0.717, 1.165) is 5.56 Å². The van der Waals surface area contributed by atoms with Crippen molar-refractivity contribution in [2.45, 2.75) is 6.92 Å². The average Bonchev–Trinajstić information content (AvgIpc) is 2.72. The van der Waals surface area contributed by atoms with E-state index >= 15 is 0 Å². The van der Waals surface area contributed by atoms with Crippen molar-refractivity contribution in [2.24, 2.45) is 0 Å². The number of rotatable bonds is 6. The van der Waals surface area contributed by atoms with Crippen LogP contribution in [-0.4, -0.2) is 21.8 Å². The van der Waals surface area contributed by atoms with Crippen molar-refractivity contribution in [3.63, 3.8) is 0 Å². The van der Waals surface area contributed by atoms with Crippen LogP contribution < -0.4 is 27.4 Å². The topological polar surface area (TPSA) is 134 Å². The molecule has 0 spiro atoms. The molecular formula is C19H18ClN7O2. The smallest absolute Gasteiger partial charge is 0.269 e. The number of aromatic nitrogens is 2. The van der Waals surface area contributed by atoms with E-state index in [1.54, 1.807) is 30.3 Å². The Morgan fingerprint density at radius 2 is 1.48 bits per heavy atom. The summed E-state index contributed by atoms with van der Waals surface area (Å²) in [6.07, 6.45) is 1.23. The maximum Gasteiger partial charge on any atom is 0.269 e. The van der Waals surface area contributed by atoms with Gasteiger partial charge in [0.05, 0.1) is 0 Å². The second-order valence-corrected chi connectivity index (χ2v) is 6.46. The van der Waals surface area contributed by atoms with Crippen molar-refractivity contribution < 1.29 is 9.59 Å². The zero-order chi connectivity index (χ0) is 20.8. The second kappa shape index (κ2) is 8.89. The predicted molar refractivity (Wildman–Crippen MR) is 111 cm³/mol. The molecule has 2 aromatic carbocycles. The lowest BCUT2D eigenvalue weighted by Gasteiger charge is -2.13. The third kappa shape index (κ3) is 5.11. The minimum Gasteiger partial charge on any atom is -0.393 e. The van der Waals surface area contributed by atoms with Gasteiger partial charge in [-0.2, -0.15) is 0 Å². The highest BCUT2D eigenvalue weighted by molar-refractivity contribution is 6.30. The Kier molecular flexibility index (Phi) is 6.10. The lowest BCUT2D eigenvalue weighted by molar-refractivity contribution is 0.0954. The summed E-state index contributed by atoms with van der Waals surface area (Å²) in [6.45, 7) is 1.93. The van der Waals surface area contributed by atoms with E-state index in [4.69, 9.17) is 17.3 Å². The van der Waals surface area contributed by atoms with Gasteiger partial charge in [-0.05, 0) is 37.3 Å². The van der Waals surface area contributed by atoms with Crippen LogP contribution in [-0.2, 0) is 0 Å². The number of carbonyl (C=O) groups excluding carboxylic acids is 2. The van der Waals surface area contributed by atoms with E-state index in [1.165, 1.54) is 12.4 Å². The second-order valence-electron chi connectivity index (χ2n) is 6.02. The summed E-state index contributed by atoms with van der Waals surface area (Å²) >= 11 is 5.88. The number of amides is 2. The molecule has 6 N–H and O–H groups in total. The summed E-state index contributed by atoms with van der Waals surface area (Å²) in [6, 6.07) is 13.5. The highest BCUT2D eigenvalue weighted by Crippen LogP contribution is 2.21. The van der Waals surface area contributed by atoms with Crippen molar-refractivity contribution in [3.05, 3.63) is 76.6 Å². The Hall–Kier alpha value is -3.85. The molecule has 0 aliphatic carbocycles. The minimum atomic E-state index is -0.423. The molecule has 0 fully saturated rings. The van der Waals surface area contributed by atoms with Gasteiger partial charge in [-0.3, -0.25) is 31.3 Å². The highest BCUT2D eigenvalue weighted by atomic mass is 35.5. The van der Waals surface area contributed by atoms with Crippen LogP contribution in [0, 0.1) is 6.92 Å². The number of halogens is 1. The maximum atomic E-state index is 12.2. The molecular weight excluding hydrogens is 394 g/mol. The van der Waals surface area contributed by atoms with Crippen molar-refractivity contribution in [2.75, 3.05) is 16.6 Å². The Balaban J connectivity index is 1.62. The molecule has 0 unspecified atom stereocenters. The van der Waals surface area contributed by atoms with E-state index in [0.29, 0.717) is 16.1 Å². The standard InChI is InChI=1S/C19H18ClN7O2/c1-11-5-7-12(8-6-11)18(28)26-24-16-15(21)17(23-10-22-16)25-27-19(29)13-3-2-4-14(20)9-13/h2-10H,21H2,1H3,(H,26,28)(H,27,29)(H2,22,23,24,25). The van der Waals surface area contributed by atoms with Crippen LogP contribution in [0.2, 0.25) is 5.02 Å². The van der Waals surface area contributed by atoms with E-state index in [-0.39, 0.29) is 23.2 Å². The van der Waals surface area contributed by atoms with Crippen LogP contribution in [0.5, 0.6) is 0 Å². The Labute approximate surface area is 171 Å². The Morgan fingerprint density at radius 3 is 2.07 bits per heavy atom. The van der Waals surface area contributed by atoms with Crippen molar-refractivity contribution >= 4 is 40.7 Å². The molecule has 3 aromatic rings. The molecule has 9 nitrogen and oxygen atoms in total. The number of benzene rings is 2. The molecule has 2 amide bonds. The first-order valence-corrected chi connectivity index (χ1v) is 8.87. The molecule has 1 heterocycles. The number of nitrogens with one attached hydrogen (secondary N) is 4. The quantitative estimate of drug-likeness (QED) is 0.393. The number of carbonyl (C=O) groups is 2. The number of aryl methyl sites for hydroxylation is 1. The van der Waals surface area contributed by atoms with Gasteiger partial charge >= 0.3 is 0 Å². The van der Waals surface area contributed by atoms with Crippen molar-refractivity contribution in [3.8, 4) is 0 Å². The molecule has 0 aliphatic heterocycles. The number of anilines is 3. The molecule has 0 saturated carbocycles. The number of nitrogen functional groups attached to an aromatic ring is 1. The van der Waals surface area contributed by atoms with Gasteiger partial charge in [-0.25, -0.2) is 9.97 Å². The average molecular weight is 412 g/mol. The first kappa shape index (κ1) is 19.9. The maximum absolute atomic E-state index is 12.2. The van der Waals surface area contributed by atoms with Gasteiger partial charge in [0.1, 0.15) is 12.0 Å². The van der Waals surface area contributed by atoms with Crippen LogP contribution in [0.4, 0.5) is 17.3 Å². The summed E-state index contributed by atoms with van der Waals surface area (Å²) in [4.78, 5) is 32.3. The first-order valence-electron chi connectivity index (χ1n) is 8.49. The summed E-state index contributed by atoms with van der Waals surface area (Å²) in [5.41, 5.74) is 18.2. The SMILES string of the molecule is Cc1ccc(C(=O)NNc2ncnc(NNC(=O)c3cccc(Cl)c3)c2N)cc1. The van der Waals surface area contributed by atoms with E-state index in [2.05, 4.69) is 31.7 Å². The zero-order valence-electron chi connectivity index (χ0n) is 15.4. The highest BCUT2D eigenvalue weighted by Gasteiger charge is 2.12. The van der Waals surface area contributed by atoms with E-state index in [9.17, 15) is 9.59 Å². The van der Waals surface area contributed by atoms with Gasteiger partial charge in [0.25, 0.3) is 11.8 Å². The molecule has 3 rings (SSSR count). The van der Waals surface area contributed by atoms with Crippen LogP contribution in [0.3, 0.4) is 0 Å². The molecule has 10 heteroatoms. The van der Waals surface area contributed by atoms with Crippen LogP contribution in [0.25, 0.3) is 0 Å².